The summed E-state index contributed by atoms with van der Waals surface area (Å²) in [5, 5.41) is 15.9. The van der Waals surface area contributed by atoms with Gasteiger partial charge < -0.3 is 0 Å². The van der Waals surface area contributed by atoms with Crippen molar-refractivity contribution in [3.05, 3.63) is 12.4 Å². The van der Waals surface area contributed by atoms with Gasteiger partial charge in [0.15, 0.2) is 0 Å². The lowest BCUT2D eigenvalue weighted by Gasteiger charge is -2.29. The van der Waals surface area contributed by atoms with Crippen LogP contribution in [0.25, 0.3) is 0 Å². The number of nitriles is 1. The first-order valence-corrected chi connectivity index (χ1v) is 3.57. The number of hydrogen-bond acceptors (Lipinski definition) is 3. The minimum atomic E-state index is 0.226. The standard InChI is InChI=1S/C7H7N4/c8-5-6-3-7(4-6)11-2-1-9-10-11/h2,6-7H,3-4H2. The Morgan fingerprint density at radius 1 is 1.64 bits per heavy atom. The topological polar surface area (TPSA) is 54.5 Å². The van der Waals surface area contributed by atoms with E-state index >= 15 is 0 Å². The molecule has 1 aromatic heterocycles. The average Bonchev–Trinajstić information content (AvgIpc) is 2.37. The molecular formula is C7H7N4. The predicted molar refractivity (Wildman–Crippen MR) is 36.2 cm³/mol. The predicted octanol–water partition coefficient (Wildman–Crippen LogP) is 0.553. The molecule has 1 saturated carbocycles. The highest BCUT2D eigenvalue weighted by Gasteiger charge is 2.30. The third-order valence-electron chi connectivity index (χ3n) is 2.07. The SMILES string of the molecule is N#CC1CC(n2c[c]nn2)C1. The summed E-state index contributed by atoms with van der Waals surface area (Å²) in [5.74, 6) is 0.226. The molecule has 1 aliphatic carbocycles. The monoisotopic (exact) mass is 147 g/mol. The maximum absolute atomic E-state index is 8.50. The summed E-state index contributed by atoms with van der Waals surface area (Å²) in [6.07, 6.45) is 6.17. The number of rotatable bonds is 1. The minimum Gasteiger partial charge on any atom is -0.249 e. The molecule has 0 aliphatic heterocycles. The lowest BCUT2D eigenvalue weighted by Crippen LogP contribution is -2.26. The first-order valence-electron chi connectivity index (χ1n) is 3.57. The van der Waals surface area contributed by atoms with Gasteiger partial charge in [0.1, 0.15) is 6.20 Å². The maximum atomic E-state index is 8.50. The Bertz CT molecular complexity index is 265. The summed E-state index contributed by atoms with van der Waals surface area (Å²) < 4.78 is 1.77. The van der Waals surface area contributed by atoms with E-state index in [0.29, 0.717) is 6.04 Å². The molecule has 1 aromatic rings. The van der Waals surface area contributed by atoms with Gasteiger partial charge in [0.25, 0.3) is 0 Å². The highest BCUT2D eigenvalue weighted by atomic mass is 15.4. The Morgan fingerprint density at radius 3 is 3.00 bits per heavy atom. The molecule has 0 atom stereocenters. The molecule has 11 heavy (non-hydrogen) atoms. The molecule has 4 nitrogen and oxygen atoms in total. The lowest BCUT2D eigenvalue weighted by atomic mass is 9.81. The van der Waals surface area contributed by atoms with Gasteiger partial charge in [-0.05, 0) is 12.8 Å². The molecule has 1 aliphatic rings. The van der Waals surface area contributed by atoms with Crippen molar-refractivity contribution in [3.63, 3.8) is 0 Å². The van der Waals surface area contributed by atoms with E-state index in [2.05, 4.69) is 22.6 Å². The Balaban J connectivity index is 1.99. The van der Waals surface area contributed by atoms with Gasteiger partial charge in [-0.15, -0.1) is 5.10 Å². The van der Waals surface area contributed by atoms with Gasteiger partial charge in [0, 0.05) is 0 Å². The van der Waals surface area contributed by atoms with Crippen molar-refractivity contribution in [1.82, 2.24) is 15.0 Å². The fraction of sp³-hybridized carbons (Fsp3) is 0.571. The molecule has 2 rings (SSSR count). The van der Waals surface area contributed by atoms with Gasteiger partial charge in [0.2, 0.25) is 0 Å². The molecule has 0 unspecified atom stereocenters. The van der Waals surface area contributed by atoms with Crippen LogP contribution in [0, 0.1) is 23.4 Å². The number of hydrogen-bond donors (Lipinski definition) is 0. The zero-order valence-electron chi connectivity index (χ0n) is 5.94. The highest BCUT2D eigenvalue weighted by molar-refractivity contribution is 4.96. The van der Waals surface area contributed by atoms with Crippen molar-refractivity contribution in [1.29, 1.82) is 5.26 Å². The van der Waals surface area contributed by atoms with Crippen LogP contribution in [0.15, 0.2) is 6.20 Å². The minimum absolute atomic E-state index is 0.226. The second-order valence-electron chi connectivity index (χ2n) is 2.78. The van der Waals surface area contributed by atoms with Crippen LogP contribution >= 0.6 is 0 Å². The van der Waals surface area contributed by atoms with E-state index in [9.17, 15) is 0 Å². The first kappa shape index (κ1) is 6.35. The van der Waals surface area contributed by atoms with E-state index in [4.69, 9.17) is 5.26 Å². The van der Waals surface area contributed by atoms with Crippen molar-refractivity contribution in [3.8, 4) is 6.07 Å². The van der Waals surface area contributed by atoms with Crippen molar-refractivity contribution in [2.75, 3.05) is 0 Å². The second kappa shape index (κ2) is 2.35. The van der Waals surface area contributed by atoms with E-state index in [1.807, 2.05) is 0 Å². The van der Waals surface area contributed by atoms with Gasteiger partial charge in [-0.2, -0.15) is 5.26 Å². The molecule has 0 N–H and O–H groups in total. The van der Waals surface area contributed by atoms with Crippen LogP contribution in [0.5, 0.6) is 0 Å². The Kier molecular flexibility index (Phi) is 1.35. The molecule has 0 amide bonds. The van der Waals surface area contributed by atoms with Gasteiger partial charge in [-0.25, -0.2) is 4.68 Å². The molecule has 0 spiro atoms. The molecular weight excluding hydrogens is 140 g/mol. The fourth-order valence-electron chi connectivity index (χ4n) is 1.28. The van der Waals surface area contributed by atoms with Crippen molar-refractivity contribution in [2.45, 2.75) is 18.9 Å². The number of aromatic nitrogens is 3. The molecule has 4 heteroatoms. The van der Waals surface area contributed by atoms with Crippen LogP contribution in [-0.2, 0) is 0 Å². The van der Waals surface area contributed by atoms with Gasteiger partial charge >= 0.3 is 0 Å². The van der Waals surface area contributed by atoms with Crippen LogP contribution in [0.3, 0.4) is 0 Å². The summed E-state index contributed by atoms with van der Waals surface area (Å²) in [7, 11) is 0. The Labute approximate surface area is 64.4 Å². The Morgan fingerprint density at radius 2 is 2.45 bits per heavy atom. The van der Waals surface area contributed by atoms with Crippen LogP contribution in [-0.4, -0.2) is 15.0 Å². The van der Waals surface area contributed by atoms with E-state index < -0.39 is 0 Å². The lowest BCUT2D eigenvalue weighted by molar-refractivity contribution is 0.226. The normalized spacial score (nSPS) is 29.0. The van der Waals surface area contributed by atoms with Crippen molar-refractivity contribution < 1.29 is 0 Å². The van der Waals surface area contributed by atoms with E-state index in [0.717, 1.165) is 12.8 Å². The van der Waals surface area contributed by atoms with Crippen LogP contribution in [0.4, 0.5) is 0 Å². The van der Waals surface area contributed by atoms with E-state index in [-0.39, 0.29) is 5.92 Å². The number of nitrogens with zero attached hydrogens (tertiary/aromatic N) is 4. The highest BCUT2D eigenvalue weighted by Crippen LogP contribution is 2.36. The molecule has 0 saturated heterocycles. The Hall–Kier alpha value is -1.37. The summed E-state index contributed by atoms with van der Waals surface area (Å²) in [4.78, 5) is 0. The zero-order chi connectivity index (χ0) is 7.68. The first-order chi connectivity index (χ1) is 5.40. The summed E-state index contributed by atoms with van der Waals surface area (Å²) >= 11 is 0. The van der Waals surface area contributed by atoms with Gasteiger partial charge in [-0.3, -0.25) is 0 Å². The summed E-state index contributed by atoms with van der Waals surface area (Å²) in [5.41, 5.74) is 0. The molecule has 1 fully saturated rings. The molecule has 1 radical (unpaired) electrons. The molecule has 0 aromatic carbocycles. The smallest absolute Gasteiger partial charge is 0.134 e. The van der Waals surface area contributed by atoms with Gasteiger partial charge in [0.05, 0.1) is 24.2 Å². The third-order valence-corrected chi connectivity index (χ3v) is 2.07. The second-order valence-corrected chi connectivity index (χ2v) is 2.78. The zero-order valence-corrected chi connectivity index (χ0v) is 5.94. The van der Waals surface area contributed by atoms with Crippen molar-refractivity contribution in [2.24, 2.45) is 5.92 Å². The quantitative estimate of drug-likeness (QED) is 0.583. The molecule has 55 valence electrons. The average molecular weight is 147 g/mol. The molecule has 1 heterocycles. The van der Waals surface area contributed by atoms with E-state index in [1.54, 1.807) is 10.9 Å². The summed E-state index contributed by atoms with van der Waals surface area (Å²) in [6.45, 7) is 0. The van der Waals surface area contributed by atoms with Gasteiger partial charge in [-0.1, -0.05) is 5.21 Å². The van der Waals surface area contributed by atoms with Crippen LogP contribution in [0.2, 0.25) is 0 Å². The fourth-order valence-corrected chi connectivity index (χ4v) is 1.28. The summed E-state index contributed by atoms with van der Waals surface area (Å²) in [6, 6.07) is 2.61. The molecule has 0 bridgehead atoms. The largest absolute Gasteiger partial charge is 0.249 e. The van der Waals surface area contributed by atoms with E-state index in [1.165, 1.54) is 0 Å². The van der Waals surface area contributed by atoms with Crippen molar-refractivity contribution >= 4 is 0 Å². The van der Waals surface area contributed by atoms with Crippen LogP contribution in [0.1, 0.15) is 18.9 Å². The third kappa shape index (κ3) is 0.984. The van der Waals surface area contributed by atoms with Crippen LogP contribution < -0.4 is 0 Å². The maximum Gasteiger partial charge on any atom is 0.134 e.